The van der Waals surface area contributed by atoms with Gasteiger partial charge in [-0.25, -0.2) is 8.78 Å². The summed E-state index contributed by atoms with van der Waals surface area (Å²) < 4.78 is 78.4. The molecule has 0 aromatic heterocycles. The predicted octanol–water partition coefficient (Wildman–Crippen LogP) is 5.07. The Bertz CT molecular complexity index is 905. The van der Waals surface area contributed by atoms with Gasteiger partial charge in [-0.05, 0) is 30.3 Å². The van der Waals surface area contributed by atoms with Gasteiger partial charge in [-0.3, -0.25) is 4.79 Å². The molecule has 2 aromatic carbocycles. The van der Waals surface area contributed by atoms with Gasteiger partial charge in [0.05, 0.1) is 5.56 Å². The molecule has 136 valence electrons. The molecule has 2 rings (SSSR count). The zero-order chi connectivity index (χ0) is 19.7. The quantitative estimate of drug-likeness (QED) is 0.258. The van der Waals surface area contributed by atoms with Crippen LogP contribution in [0.5, 0.6) is 5.75 Å². The van der Waals surface area contributed by atoms with Crippen LogP contribution in [0.25, 0.3) is 0 Å². The molecule has 0 aliphatic heterocycles. The van der Waals surface area contributed by atoms with Crippen molar-refractivity contribution in [3.8, 4) is 11.8 Å². The third-order valence-corrected chi connectivity index (χ3v) is 3.69. The van der Waals surface area contributed by atoms with Crippen molar-refractivity contribution < 1.29 is 35.9 Å². The Hall–Kier alpha value is -2.29. The topological polar surface area (TPSA) is 50.1 Å². The van der Waals surface area contributed by atoms with Crippen molar-refractivity contribution in [1.82, 2.24) is 0 Å². The number of hydrogen-bond donors (Lipinski definition) is 0. The Kier molecular flexibility index (Phi) is 5.50. The molecule has 0 bridgehead atoms. The van der Waals surface area contributed by atoms with Gasteiger partial charge in [0.25, 0.3) is 0 Å². The number of nitrogens with zero attached hydrogens (tertiary/aromatic N) is 1. The van der Waals surface area contributed by atoms with Gasteiger partial charge < -0.3 is 4.74 Å². The van der Waals surface area contributed by atoms with Crippen molar-refractivity contribution in [3.05, 3.63) is 64.7 Å². The van der Waals surface area contributed by atoms with E-state index in [2.05, 4.69) is 4.74 Å². The van der Waals surface area contributed by atoms with Gasteiger partial charge in [0.1, 0.15) is 23.5 Å². The van der Waals surface area contributed by atoms with Crippen LogP contribution < -0.4 is 4.74 Å². The molecule has 0 fully saturated rings. The van der Waals surface area contributed by atoms with Crippen LogP contribution in [0.1, 0.15) is 21.5 Å². The lowest BCUT2D eigenvalue weighted by Gasteiger charge is -2.22. The van der Waals surface area contributed by atoms with Gasteiger partial charge in [-0.2, -0.15) is 22.8 Å². The van der Waals surface area contributed by atoms with Gasteiger partial charge in [0.15, 0.2) is 5.78 Å². The van der Waals surface area contributed by atoms with Crippen LogP contribution >= 0.6 is 22.6 Å². The van der Waals surface area contributed by atoms with Gasteiger partial charge in [-0.1, -0.05) is 0 Å². The van der Waals surface area contributed by atoms with E-state index in [1.807, 2.05) is 0 Å². The summed E-state index contributed by atoms with van der Waals surface area (Å²) in [6.45, 7) is 0. The number of halogens is 7. The maximum Gasteiger partial charge on any atom is 0.474 e. The van der Waals surface area contributed by atoms with Crippen molar-refractivity contribution in [2.24, 2.45) is 0 Å². The molecule has 26 heavy (non-hydrogen) atoms. The van der Waals surface area contributed by atoms with Crippen LogP contribution in [-0.4, -0.2) is 15.8 Å². The average Bonchev–Trinajstić information content (AvgIpc) is 2.52. The van der Waals surface area contributed by atoms with Gasteiger partial charge >= 0.3 is 10.0 Å². The van der Waals surface area contributed by atoms with E-state index in [1.54, 1.807) is 0 Å². The maximum atomic E-state index is 13.6. The highest BCUT2D eigenvalue weighted by Crippen LogP contribution is 2.41. The fourth-order valence-electron chi connectivity index (χ4n) is 1.88. The first-order valence-electron chi connectivity index (χ1n) is 6.63. The minimum Gasteiger partial charge on any atom is -0.427 e. The summed E-state index contributed by atoms with van der Waals surface area (Å²) in [7, 11) is 0. The highest BCUT2D eigenvalue weighted by molar-refractivity contribution is 14.1. The molecule has 0 spiro atoms. The molecule has 0 unspecified atom stereocenters. The summed E-state index contributed by atoms with van der Waals surface area (Å²) in [4.78, 5) is 12.3. The molecule has 0 aliphatic carbocycles. The van der Waals surface area contributed by atoms with Crippen molar-refractivity contribution >= 4 is 28.4 Å². The fourth-order valence-corrected chi connectivity index (χ4v) is 1.99. The van der Waals surface area contributed by atoms with Crippen molar-refractivity contribution in [3.63, 3.8) is 0 Å². The van der Waals surface area contributed by atoms with Crippen molar-refractivity contribution in [1.29, 1.82) is 5.26 Å². The highest BCUT2D eigenvalue weighted by Gasteiger charge is 2.57. The number of carbonyl (C=O) groups excluding carboxylic acids is 1. The maximum absolute atomic E-state index is 13.6. The number of hydrogen-bond acceptors (Lipinski definition) is 3. The van der Waals surface area contributed by atoms with Crippen LogP contribution in [0.2, 0.25) is 0 Å². The standard InChI is InChI=1S/C16H6F6INO2/c17-11-4-9(5-12(6-11)26-16(21,22)15(19,20)23)14(25)8-1-2-13(18)10(3-8)7-24/h1-6H. The minimum atomic E-state index is -4.95. The molecule has 0 aliphatic rings. The summed E-state index contributed by atoms with van der Waals surface area (Å²) in [5, 5.41) is 8.75. The van der Waals surface area contributed by atoms with Crippen LogP contribution in [-0.2, 0) is 0 Å². The predicted molar refractivity (Wildman–Crippen MR) is 85.5 cm³/mol. The normalized spacial score (nSPS) is 11.8. The monoisotopic (exact) mass is 485 g/mol. The molecule has 0 amide bonds. The third-order valence-electron chi connectivity index (χ3n) is 3.06. The molecule has 2 aromatic rings. The smallest absolute Gasteiger partial charge is 0.427 e. The summed E-state index contributed by atoms with van der Waals surface area (Å²) in [5.74, 6) is -4.04. The Morgan fingerprint density at radius 2 is 1.69 bits per heavy atom. The van der Waals surface area contributed by atoms with E-state index in [0.29, 0.717) is 18.2 Å². The minimum absolute atomic E-state index is 0.162. The number of rotatable bonds is 5. The SMILES string of the molecule is N#Cc1cc(C(=O)c2cc(F)cc(OC(F)(F)C(F)(F)I)c2)ccc1F. The number of alkyl halides is 5. The van der Waals surface area contributed by atoms with E-state index in [0.717, 1.165) is 18.2 Å². The van der Waals surface area contributed by atoms with E-state index in [4.69, 9.17) is 5.26 Å². The van der Waals surface area contributed by atoms with Gasteiger partial charge in [0.2, 0.25) is 0 Å². The molecular weight excluding hydrogens is 479 g/mol. The molecule has 0 radical (unpaired) electrons. The van der Waals surface area contributed by atoms with E-state index < -0.39 is 44.3 Å². The van der Waals surface area contributed by atoms with Crippen molar-refractivity contribution in [2.75, 3.05) is 0 Å². The second kappa shape index (κ2) is 7.14. The first-order chi connectivity index (χ1) is 11.9. The molecular formula is C16H6F6INO2. The Morgan fingerprint density at radius 1 is 1.04 bits per heavy atom. The molecule has 0 N–H and O–H groups in total. The number of ether oxygens (including phenoxy) is 1. The summed E-state index contributed by atoms with van der Waals surface area (Å²) >= 11 is 0.162. The highest BCUT2D eigenvalue weighted by atomic mass is 127. The van der Waals surface area contributed by atoms with Crippen LogP contribution in [0.4, 0.5) is 26.3 Å². The summed E-state index contributed by atoms with van der Waals surface area (Å²) in [6.07, 6.45) is -4.95. The van der Waals surface area contributed by atoms with Crippen LogP contribution in [0.3, 0.4) is 0 Å². The van der Waals surface area contributed by atoms with E-state index in [9.17, 15) is 31.1 Å². The largest absolute Gasteiger partial charge is 0.474 e. The van der Waals surface area contributed by atoms with Crippen LogP contribution in [0.15, 0.2) is 36.4 Å². The average molecular weight is 485 g/mol. The van der Waals surface area contributed by atoms with Crippen LogP contribution in [0, 0.1) is 23.0 Å². The van der Waals surface area contributed by atoms with E-state index >= 15 is 0 Å². The molecule has 0 saturated heterocycles. The van der Waals surface area contributed by atoms with E-state index in [-0.39, 0.29) is 28.2 Å². The lowest BCUT2D eigenvalue weighted by Crippen LogP contribution is -2.40. The zero-order valence-electron chi connectivity index (χ0n) is 12.4. The molecule has 0 heterocycles. The summed E-state index contributed by atoms with van der Waals surface area (Å²) in [6, 6.07) is 5.91. The van der Waals surface area contributed by atoms with Crippen molar-refractivity contribution in [2.45, 2.75) is 10.0 Å². The second-order valence-electron chi connectivity index (χ2n) is 4.93. The second-order valence-corrected chi connectivity index (χ2v) is 6.28. The first kappa shape index (κ1) is 20.0. The lowest BCUT2D eigenvalue weighted by molar-refractivity contribution is -0.261. The summed E-state index contributed by atoms with van der Waals surface area (Å²) in [5.41, 5.74) is -1.20. The van der Waals surface area contributed by atoms with Gasteiger partial charge in [0, 0.05) is 39.8 Å². The fraction of sp³-hybridized carbons (Fsp3) is 0.125. The number of benzene rings is 2. The zero-order valence-corrected chi connectivity index (χ0v) is 14.5. The molecule has 0 saturated carbocycles. The third kappa shape index (κ3) is 4.27. The molecule has 3 nitrogen and oxygen atoms in total. The Labute approximate surface area is 156 Å². The Morgan fingerprint density at radius 3 is 2.27 bits per heavy atom. The Balaban J connectivity index is 2.41. The lowest BCUT2D eigenvalue weighted by atomic mass is 10.0. The first-order valence-corrected chi connectivity index (χ1v) is 7.71. The number of ketones is 1. The number of nitriles is 1. The van der Waals surface area contributed by atoms with Gasteiger partial charge in [-0.15, -0.1) is 0 Å². The van der Waals surface area contributed by atoms with E-state index in [1.165, 1.54) is 6.07 Å². The molecule has 10 heteroatoms. The molecule has 0 atom stereocenters. The number of carbonyl (C=O) groups is 1.